The summed E-state index contributed by atoms with van der Waals surface area (Å²) in [4.78, 5) is 0. The van der Waals surface area contributed by atoms with Crippen molar-refractivity contribution in [2.45, 2.75) is 0 Å². The first kappa shape index (κ1) is 22.6. The van der Waals surface area contributed by atoms with Crippen molar-refractivity contribution >= 4 is 75.8 Å². The molecule has 0 aliphatic heterocycles. The molecule has 0 atom stereocenters. The average molecular weight is 573 g/mol. The van der Waals surface area contributed by atoms with Crippen molar-refractivity contribution in [3.63, 3.8) is 0 Å². The highest BCUT2D eigenvalue weighted by Gasteiger charge is 2.23. The topological polar surface area (TPSA) is 13.1 Å². The molecule has 0 saturated heterocycles. The minimum absolute atomic E-state index is 0.318. The fraction of sp³-hybridized carbons (Fsp3) is 0. The third kappa shape index (κ3) is 3.50. The fourth-order valence-electron chi connectivity index (χ4n) is 7.45. The Morgan fingerprint density at radius 3 is 1.56 bits per heavy atom. The lowest BCUT2D eigenvalue weighted by atomic mass is 9.83. The number of hydrogen-bond donors (Lipinski definition) is 0. The van der Waals surface area contributed by atoms with Crippen LogP contribution in [0.3, 0.4) is 0 Å². The van der Waals surface area contributed by atoms with E-state index >= 15 is 0 Å². The summed E-state index contributed by atoms with van der Waals surface area (Å²) in [6.07, 6.45) is 0. The quantitative estimate of drug-likeness (QED) is 0.188. The second kappa shape index (κ2) is 9.29. The van der Waals surface area contributed by atoms with Gasteiger partial charge in [0.25, 0.3) is 0 Å². The van der Waals surface area contributed by atoms with Crippen molar-refractivity contribution in [1.29, 1.82) is 0 Å². The van der Waals surface area contributed by atoms with Crippen LogP contribution >= 0.6 is 0 Å². The third-order valence-electron chi connectivity index (χ3n) is 9.38. The first-order chi connectivity index (χ1) is 23.2. The summed E-state index contributed by atoms with van der Waals surface area (Å²) in [6, 6.07) is 51.6. The lowest BCUT2D eigenvalue weighted by molar-refractivity contribution is 0.671. The van der Waals surface area contributed by atoms with Crippen LogP contribution in [0.2, 0.25) is 0 Å². The highest BCUT2D eigenvalue weighted by Crippen LogP contribution is 2.49. The van der Waals surface area contributed by atoms with E-state index in [-0.39, 0.29) is 0 Å². The molecule has 1 nitrogen and oxygen atoms in total. The SMILES string of the molecule is [2H]c1c2ccccc2c([2H])c2c1oc1c(-c3c4ccccc4c(-c4cccc5ccccc45)c4ccccc34)c3ccccc3cc12. The Labute approximate surface area is 262 Å². The van der Waals surface area contributed by atoms with Gasteiger partial charge in [0.2, 0.25) is 0 Å². The summed E-state index contributed by atoms with van der Waals surface area (Å²) < 4.78 is 25.3. The number of benzene rings is 9. The van der Waals surface area contributed by atoms with Gasteiger partial charge in [-0.25, -0.2) is 0 Å². The molecule has 1 aromatic heterocycles. The molecule has 0 aliphatic carbocycles. The maximum absolute atomic E-state index is 9.32. The molecular weight excluding hydrogens is 544 g/mol. The molecule has 0 amide bonds. The molecule has 45 heavy (non-hydrogen) atoms. The molecule has 9 aromatic carbocycles. The van der Waals surface area contributed by atoms with Crippen LogP contribution in [0.4, 0.5) is 0 Å². The Kier molecular flexibility index (Phi) is 4.66. The van der Waals surface area contributed by atoms with E-state index in [4.69, 9.17) is 4.42 Å². The molecular formula is C44H26O. The van der Waals surface area contributed by atoms with Gasteiger partial charge in [0, 0.05) is 21.9 Å². The van der Waals surface area contributed by atoms with E-state index in [9.17, 15) is 2.74 Å². The Morgan fingerprint density at radius 2 is 0.867 bits per heavy atom. The van der Waals surface area contributed by atoms with Gasteiger partial charge in [-0.05, 0) is 83.1 Å². The molecule has 0 unspecified atom stereocenters. The molecule has 1 heteroatoms. The van der Waals surface area contributed by atoms with Crippen molar-refractivity contribution in [1.82, 2.24) is 0 Å². The van der Waals surface area contributed by atoms with Crippen molar-refractivity contribution < 1.29 is 7.16 Å². The van der Waals surface area contributed by atoms with Gasteiger partial charge in [-0.3, -0.25) is 0 Å². The number of fused-ring (bicyclic) bond motifs is 8. The predicted molar refractivity (Wildman–Crippen MR) is 192 cm³/mol. The van der Waals surface area contributed by atoms with E-state index in [2.05, 4.69) is 121 Å². The smallest absolute Gasteiger partial charge is 0.143 e. The number of furan rings is 1. The highest BCUT2D eigenvalue weighted by molar-refractivity contribution is 6.29. The van der Waals surface area contributed by atoms with Crippen LogP contribution in [0, 0.1) is 0 Å². The van der Waals surface area contributed by atoms with Crippen LogP contribution in [0.25, 0.3) is 98.1 Å². The summed E-state index contributed by atoms with van der Waals surface area (Å²) in [5.41, 5.74) is 5.69. The molecule has 1 heterocycles. The van der Waals surface area contributed by atoms with Gasteiger partial charge in [-0.15, -0.1) is 0 Å². The molecule has 0 spiro atoms. The van der Waals surface area contributed by atoms with E-state index < -0.39 is 0 Å². The van der Waals surface area contributed by atoms with Gasteiger partial charge in [-0.2, -0.15) is 0 Å². The first-order valence-electron chi connectivity index (χ1n) is 16.4. The molecule has 10 aromatic rings. The summed E-state index contributed by atoms with van der Waals surface area (Å²) in [5, 5.41) is 12.2. The van der Waals surface area contributed by atoms with Crippen molar-refractivity contribution in [2.75, 3.05) is 0 Å². The zero-order valence-electron chi connectivity index (χ0n) is 26.3. The normalized spacial score (nSPS) is 12.6. The maximum atomic E-state index is 9.32. The van der Waals surface area contributed by atoms with Gasteiger partial charge >= 0.3 is 0 Å². The zero-order chi connectivity index (χ0) is 31.2. The minimum atomic E-state index is 0.318. The molecule has 208 valence electrons. The van der Waals surface area contributed by atoms with Crippen LogP contribution in [-0.4, -0.2) is 0 Å². The monoisotopic (exact) mass is 572 g/mol. The molecule has 0 fully saturated rings. The van der Waals surface area contributed by atoms with Crippen molar-refractivity contribution in [2.24, 2.45) is 0 Å². The largest absolute Gasteiger partial charge is 0.455 e. The van der Waals surface area contributed by atoms with Gasteiger partial charge in [0.05, 0.1) is 2.74 Å². The lowest BCUT2D eigenvalue weighted by Gasteiger charge is -2.20. The predicted octanol–water partition coefficient (Wildman–Crippen LogP) is 12.7. The van der Waals surface area contributed by atoms with Gasteiger partial charge in [0.1, 0.15) is 11.2 Å². The maximum Gasteiger partial charge on any atom is 0.143 e. The molecule has 0 aliphatic rings. The molecule has 0 N–H and O–H groups in total. The van der Waals surface area contributed by atoms with E-state index in [1.54, 1.807) is 0 Å². The van der Waals surface area contributed by atoms with E-state index in [1.807, 2.05) is 24.3 Å². The van der Waals surface area contributed by atoms with Crippen LogP contribution < -0.4 is 0 Å². The lowest BCUT2D eigenvalue weighted by Crippen LogP contribution is -1.92. The van der Waals surface area contributed by atoms with Crippen LogP contribution in [0.1, 0.15) is 2.74 Å². The summed E-state index contributed by atoms with van der Waals surface area (Å²) in [5.74, 6) is 0. The fourth-order valence-corrected chi connectivity index (χ4v) is 7.45. The Balaban J connectivity index is 1.44. The average Bonchev–Trinajstić information content (AvgIpc) is 3.51. The standard InChI is InChI=1S/C44H26O/c1-2-14-29-26-40-38(24-28(29)13-1)39-25-30-15-4-6-18-32(30)43(44(39)45-40)42-36-21-9-7-19-34(36)41(35-20-8-10-22-37(35)42)33-23-11-16-27-12-3-5-17-31(27)33/h1-26H/i24D,26D. The van der Waals surface area contributed by atoms with E-state index in [0.717, 1.165) is 48.8 Å². The van der Waals surface area contributed by atoms with E-state index in [0.29, 0.717) is 28.6 Å². The highest BCUT2D eigenvalue weighted by atomic mass is 16.3. The molecule has 0 saturated carbocycles. The Morgan fingerprint density at radius 1 is 0.356 bits per heavy atom. The van der Waals surface area contributed by atoms with Crippen molar-refractivity contribution in [3.8, 4) is 22.3 Å². The summed E-state index contributed by atoms with van der Waals surface area (Å²) in [7, 11) is 0. The van der Waals surface area contributed by atoms with Gasteiger partial charge in [0.15, 0.2) is 0 Å². The number of hydrogen-bond acceptors (Lipinski definition) is 1. The first-order valence-corrected chi connectivity index (χ1v) is 15.4. The van der Waals surface area contributed by atoms with Gasteiger partial charge in [-0.1, -0.05) is 140 Å². The summed E-state index contributed by atoms with van der Waals surface area (Å²) >= 11 is 0. The Bertz CT molecular complexity index is 2870. The van der Waals surface area contributed by atoms with E-state index in [1.165, 1.54) is 32.7 Å². The second-order valence-electron chi connectivity index (χ2n) is 11.8. The molecule has 0 radical (unpaired) electrons. The van der Waals surface area contributed by atoms with Crippen LogP contribution in [0.15, 0.2) is 162 Å². The van der Waals surface area contributed by atoms with Gasteiger partial charge < -0.3 is 4.42 Å². The number of rotatable bonds is 2. The molecule has 10 rings (SSSR count). The second-order valence-corrected chi connectivity index (χ2v) is 11.8. The van der Waals surface area contributed by atoms with Crippen LogP contribution in [-0.2, 0) is 0 Å². The summed E-state index contributed by atoms with van der Waals surface area (Å²) in [6.45, 7) is 0. The minimum Gasteiger partial charge on any atom is -0.455 e. The van der Waals surface area contributed by atoms with Crippen molar-refractivity contribution in [3.05, 3.63) is 158 Å². The Hall–Kier alpha value is -5.92. The molecule has 0 bridgehead atoms. The zero-order valence-corrected chi connectivity index (χ0v) is 24.3. The van der Waals surface area contributed by atoms with Crippen LogP contribution in [0.5, 0.6) is 0 Å². The third-order valence-corrected chi connectivity index (χ3v) is 9.38.